The molecule has 1 aromatic heterocycles. The smallest absolute Gasteiger partial charge is 0.406 e. The van der Waals surface area contributed by atoms with Gasteiger partial charge in [0.1, 0.15) is 0 Å². The van der Waals surface area contributed by atoms with Gasteiger partial charge in [0, 0.05) is 32.4 Å². The van der Waals surface area contributed by atoms with Crippen molar-refractivity contribution in [3.63, 3.8) is 0 Å². The van der Waals surface area contributed by atoms with Gasteiger partial charge in [-0.2, -0.15) is 13.2 Å². The Kier molecular flexibility index (Phi) is 3.77. The molecule has 1 aromatic rings. The van der Waals surface area contributed by atoms with Crippen LogP contribution in [0.15, 0.2) is 12.5 Å². The van der Waals surface area contributed by atoms with E-state index in [0.29, 0.717) is 6.54 Å². The number of alkyl halides is 3. The third-order valence-electron chi connectivity index (χ3n) is 3.83. The molecule has 0 radical (unpaired) electrons. The molecule has 5 nitrogen and oxygen atoms in total. The fourth-order valence-electron chi connectivity index (χ4n) is 2.54. The number of hydrogen-bond donors (Lipinski definition) is 1. The summed E-state index contributed by atoms with van der Waals surface area (Å²) in [4.78, 5) is 16.5. The van der Waals surface area contributed by atoms with Gasteiger partial charge in [-0.1, -0.05) is 0 Å². The summed E-state index contributed by atoms with van der Waals surface area (Å²) < 4.78 is 40.9. The molecule has 2 rings (SSSR count). The maximum Gasteiger partial charge on any atom is 0.406 e. The van der Waals surface area contributed by atoms with E-state index in [-0.39, 0.29) is 13.1 Å². The van der Waals surface area contributed by atoms with Gasteiger partial charge in [0.05, 0.1) is 12.0 Å². The monoisotopic (exact) mass is 291 g/mol. The third kappa shape index (κ3) is 2.39. The van der Waals surface area contributed by atoms with Crippen LogP contribution < -0.4 is 0 Å². The fourth-order valence-corrected chi connectivity index (χ4v) is 2.54. The maximum atomic E-state index is 13.0. The number of halogens is 3. The highest BCUT2D eigenvalue weighted by molar-refractivity contribution is 5.76. The van der Waals surface area contributed by atoms with E-state index >= 15 is 0 Å². The predicted molar refractivity (Wildman–Crippen MR) is 63.9 cm³/mol. The molecule has 2 heterocycles. The minimum absolute atomic E-state index is 0.112. The second kappa shape index (κ2) is 5.08. The summed E-state index contributed by atoms with van der Waals surface area (Å²) in [5.74, 6) is -1.79. The number of rotatable bonds is 4. The second-order valence-electron chi connectivity index (χ2n) is 5.02. The number of imidazole rings is 1. The van der Waals surface area contributed by atoms with Gasteiger partial charge in [0.2, 0.25) is 0 Å². The summed E-state index contributed by atoms with van der Waals surface area (Å²) in [6.07, 6.45) is -1.94. The van der Waals surface area contributed by atoms with Gasteiger partial charge in [0.15, 0.2) is 5.41 Å². The van der Waals surface area contributed by atoms with Crippen molar-refractivity contribution in [3.8, 4) is 0 Å². The molecule has 0 amide bonds. The van der Waals surface area contributed by atoms with Crippen LogP contribution in [0.25, 0.3) is 0 Å². The van der Waals surface area contributed by atoms with Crippen LogP contribution >= 0.6 is 0 Å². The van der Waals surface area contributed by atoms with Gasteiger partial charge in [-0.15, -0.1) is 0 Å². The number of aromatic nitrogens is 2. The Morgan fingerprint density at radius 1 is 1.55 bits per heavy atom. The van der Waals surface area contributed by atoms with Crippen molar-refractivity contribution in [2.24, 2.45) is 5.41 Å². The van der Waals surface area contributed by atoms with E-state index in [0.717, 1.165) is 5.69 Å². The van der Waals surface area contributed by atoms with Gasteiger partial charge >= 0.3 is 12.1 Å². The molecule has 20 heavy (non-hydrogen) atoms. The van der Waals surface area contributed by atoms with Crippen molar-refractivity contribution in [2.75, 3.05) is 13.1 Å². The zero-order chi connectivity index (χ0) is 15.0. The van der Waals surface area contributed by atoms with Crippen LogP contribution in [0, 0.1) is 5.41 Å². The Bertz CT molecular complexity index is 500. The first kappa shape index (κ1) is 14.8. The van der Waals surface area contributed by atoms with Crippen LogP contribution in [0.4, 0.5) is 13.2 Å². The van der Waals surface area contributed by atoms with Crippen molar-refractivity contribution in [1.29, 1.82) is 0 Å². The maximum absolute atomic E-state index is 13.0. The molecule has 1 aliphatic rings. The summed E-state index contributed by atoms with van der Waals surface area (Å²) in [6.45, 7) is 2.46. The van der Waals surface area contributed by atoms with Crippen LogP contribution in [0.3, 0.4) is 0 Å². The van der Waals surface area contributed by atoms with E-state index in [4.69, 9.17) is 5.11 Å². The first-order chi connectivity index (χ1) is 9.30. The number of carboxylic acids is 1. The highest BCUT2D eigenvalue weighted by atomic mass is 19.4. The lowest BCUT2D eigenvalue weighted by Gasteiger charge is -2.27. The lowest BCUT2D eigenvalue weighted by Crippen LogP contribution is -2.47. The number of aliphatic carboxylic acids is 1. The molecule has 0 saturated carbocycles. The summed E-state index contributed by atoms with van der Waals surface area (Å²) in [7, 11) is 0. The van der Waals surface area contributed by atoms with Crippen LogP contribution in [-0.2, 0) is 17.9 Å². The quantitative estimate of drug-likeness (QED) is 0.918. The molecule has 0 spiro atoms. The Morgan fingerprint density at radius 2 is 2.25 bits per heavy atom. The largest absolute Gasteiger partial charge is 0.481 e. The zero-order valence-corrected chi connectivity index (χ0v) is 11.0. The van der Waals surface area contributed by atoms with Gasteiger partial charge in [-0.05, 0) is 13.3 Å². The number of carbonyl (C=O) groups is 1. The average Bonchev–Trinajstić information content (AvgIpc) is 2.95. The number of likely N-dealkylation sites (tertiary alicyclic amines) is 1. The molecule has 1 atom stereocenters. The summed E-state index contributed by atoms with van der Waals surface area (Å²) in [5, 5.41) is 8.98. The van der Waals surface area contributed by atoms with Gasteiger partial charge in [-0.3, -0.25) is 9.69 Å². The van der Waals surface area contributed by atoms with E-state index in [1.165, 1.54) is 4.90 Å². The molecule has 0 aliphatic carbocycles. The van der Waals surface area contributed by atoms with Crippen molar-refractivity contribution in [2.45, 2.75) is 32.6 Å². The Morgan fingerprint density at radius 3 is 2.75 bits per heavy atom. The van der Waals surface area contributed by atoms with E-state index in [1.54, 1.807) is 12.5 Å². The van der Waals surface area contributed by atoms with Crippen molar-refractivity contribution in [1.82, 2.24) is 14.5 Å². The lowest BCUT2D eigenvalue weighted by molar-refractivity contribution is -0.227. The SMILES string of the molecule is CCn1cncc1CN1CCC(C(=O)O)(C(F)(F)F)C1. The van der Waals surface area contributed by atoms with E-state index in [1.807, 2.05) is 11.5 Å². The molecule has 8 heteroatoms. The van der Waals surface area contributed by atoms with Crippen LogP contribution in [0.1, 0.15) is 19.0 Å². The molecule has 1 unspecified atom stereocenters. The number of carboxylic acid groups (broad SMARTS) is 1. The van der Waals surface area contributed by atoms with E-state index in [2.05, 4.69) is 4.98 Å². The first-order valence-corrected chi connectivity index (χ1v) is 6.31. The number of nitrogens with zero attached hydrogens (tertiary/aromatic N) is 3. The fraction of sp³-hybridized carbons (Fsp3) is 0.667. The molecule has 0 aromatic carbocycles. The van der Waals surface area contributed by atoms with Gasteiger partial charge in [0.25, 0.3) is 0 Å². The average molecular weight is 291 g/mol. The highest BCUT2D eigenvalue weighted by Crippen LogP contribution is 2.45. The van der Waals surface area contributed by atoms with Crippen molar-refractivity contribution < 1.29 is 23.1 Å². The van der Waals surface area contributed by atoms with Gasteiger partial charge in [-0.25, -0.2) is 4.98 Å². The molecule has 1 saturated heterocycles. The number of hydrogen-bond acceptors (Lipinski definition) is 3. The standard InChI is InChI=1S/C12H16F3N3O2/c1-2-18-8-16-5-9(18)6-17-4-3-11(7-17,10(19)20)12(13,14)15/h5,8H,2-4,6-7H2,1H3,(H,19,20). The molecule has 1 fully saturated rings. The first-order valence-electron chi connectivity index (χ1n) is 6.31. The number of aryl methyl sites for hydroxylation is 1. The minimum atomic E-state index is -4.74. The van der Waals surface area contributed by atoms with Crippen molar-refractivity contribution in [3.05, 3.63) is 18.2 Å². The summed E-state index contributed by atoms with van der Waals surface area (Å²) in [6, 6.07) is 0. The van der Waals surface area contributed by atoms with Gasteiger partial charge < -0.3 is 9.67 Å². The second-order valence-corrected chi connectivity index (χ2v) is 5.02. The van der Waals surface area contributed by atoms with E-state index in [9.17, 15) is 18.0 Å². The van der Waals surface area contributed by atoms with E-state index < -0.39 is 30.5 Å². The molecule has 1 N–H and O–H groups in total. The normalized spacial score (nSPS) is 24.2. The molecular weight excluding hydrogens is 275 g/mol. The molecule has 1 aliphatic heterocycles. The highest BCUT2D eigenvalue weighted by Gasteiger charge is 2.63. The van der Waals surface area contributed by atoms with Crippen LogP contribution in [-0.4, -0.2) is 44.8 Å². The van der Waals surface area contributed by atoms with Crippen LogP contribution in [0.2, 0.25) is 0 Å². The molecular formula is C12H16F3N3O2. The molecule has 0 bridgehead atoms. The Hall–Kier alpha value is -1.57. The Labute approximate surface area is 114 Å². The minimum Gasteiger partial charge on any atom is -0.481 e. The summed E-state index contributed by atoms with van der Waals surface area (Å²) >= 11 is 0. The van der Waals surface area contributed by atoms with Crippen molar-refractivity contribution >= 4 is 5.97 Å². The third-order valence-corrected chi connectivity index (χ3v) is 3.83. The lowest BCUT2D eigenvalue weighted by atomic mass is 9.86. The molecule has 112 valence electrons. The topological polar surface area (TPSA) is 58.4 Å². The zero-order valence-electron chi connectivity index (χ0n) is 11.0. The Balaban J connectivity index is 2.14. The predicted octanol–water partition coefficient (Wildman–Crippen LogP) is 1.74. The van der Waals surface area contributed by atoms with Crippen LogP contribution in [0.5, 0.6) is 0 Å². The summed E-state index contributed by atoms with van der Waals surface area (Å²) in [5.41, 5.74) is -1.86.